The molecule has 172 valence electrons. The number of aryl methyl sites for hydroxylation is 1. The average Bonchev–Trinajstić information content (AvgIpc) is 3.13. The van der Waals surface area contributed by atoms with Crippen molar-refractivity contribution >= 4 is 33.8 Å². The van der Waals surface area contributed by atoms with Gasteiger partial charge in [0.2, 0.25) is 0 Å². The topological polar surface area (TPSA) is 122 Å². The van der Waals surface area contributed by atoms with E-state index in [0.29, 0.717) is 25.3 Å². The van der Waals surface area contributed by atoms with Crippen molar-refractivity contribution in [1.82, 2.24) is 19.4 Å². The molecule has 3 aromatic rings. The van der Waals surface area contributed by atoms with E-state index in [-0.39, 0.29) is 18.2 Å². The first-order valence-electron chi connectivity index (χ1n) is 11.2. The Labute approximate surface area is 187 Å². The van der Waals surface area contributed by atoms with Gasteiger partial charge in [-0.05, 0) is 25.5 Å². The van der Waals surface area contributed by atoms with E-state index in [1.807, 2.05) is 25.1 Å². The second-order valence-corrected chi connectivity index (χ2v) is 8.45. The molecule has 0 saturated carbocycles. The summed E-state index contributed by atoms with van der Waals surface area (Å²) in [4.78, 5) is 22.4. The largest absolute Gasteiger partial charge is 0.490 e. The number of nitrogen functional groups attached to an aromatic ring is 1. The van der Waals surface area contributed by atoms with E-state index in [0.717, 1.165) is 59.3 Å². The van der Waals surface area contributed by atoms with Crippen molar-refractivity contribution in [2.45, 2.75) is 58.3 Å². The number of rotatable bonds is 7. The number of hydrogen-bond acceptors (Lipinski definition) is 6. The highest BCUT2D eigenvalue weighted by Crippen LogP contribution is 2.32. The number of carbonyl (C=O) groups excluding carboxylic acids is 1. The monoisotopic (exact) mass is 440 g/mol. The van der Waals surface area contributed by atoms with Gasteiger partial charge in [0.15, 0.2) is 5.82 Å². The highest BCUT2D eigenvalue weighted by molar-refractivity contribution is 6.06. The highest BCUT2D eigenvalue weighted by Gasteiger charge is 2.23. The Bertz CT molecular complexity index is 1120. The fraction of sp³-hybridized carbons (Fsp3) is 0.522. The second-order valence-electron chi connectivity index (χ2n) is 8.45. The number of carbonyl (C=O) groups is 1. The first-order valence-corrected chi connectivity index (χ1v) is 11.2. The predicted octanol–water partition coefficient (Wildman–Crippen LogP) is 3.08. The zero-order chi connectivity index (χ0) is 22.8. The van der Waals surface area contributed by atoms with Gasteiger partial charge in [0, 0.05) is 57.5 Å². The van der Waals surface area contributed by atoms with E-state index in [9.17, 15) is 4.79 Å². The zero-order valence-electron chi connectivity index (χ0n) is 19.0. The molecule has 4 N–H and O–H groups in total. The fourth-order valence-electron chi connectivity index (χ4n) is 4.36. The average molecular weight is 441 g/mol. The number of anilines is 1. The summed E-state index contributed by atoms with van der Waals surface area (Å²) < 4.78 is 13.9. The minimum atomic E-state index is -0.374. The molecule has 9 heteroatoms. The van der Waals surface area contributed by atoms with E-state index >= 15 is 0 Å². The number of nitrogens with two attached hydrogens (primary N) is 2. The summed E-state index contributed by atoms with van der Waals surface area (Å²) in [6, 6.07) is 5.57. The molecule has 0 spiro atoms. The van der Waals surface area contributed by atoms with Crippen LogP contribution in [-0.4, -0.2) is 57.9 Å². The SMILES string of the molecule is CCCn1c(C[C@H](C)OC)nc2c(N)nc3cc(OC4CCN(C(N)=O)CC4)ccc3c21. The molecule has 1 aliphatic rings. The van der Waals surface area contributed by atoms with Crippen LogP contribution in [0.3, 0.4) is 0 Å². The number of pyridine rings is 1. The molecule has 0 unspecified atom stereocenters. The molecule has 4 rings (SSSR count). The lowest BCUT2D eigenvalue weighted by atomic mass is 10.1. The molecule has 3 heterocycles. The predicted molar refractivity (Wildman–Crippen MR) is 125 cm³/mol. The Kier molecular flexibility index (Phi) is 6.36. The second kappa shape index (κ2) is 9.20. The van der Waals surface area contributed by atoms with E-state index in [1.54, 1.807) is 12.0 Å². The lowest BCUT2D eigenvalue weighted by molar-refractivity contribution is 0.114. The normalized spacial score (nSPS) is 16.0. The molecule has 1 aromatic carbocycles. The van der Waals surface area contributed by atoms with Crippen LogP contribution in [0.4, 0.5) is 10.6 Å². The molecule has 9 nitrogen and oxygen atoms in total. The molecule has 2 aromatic heterocycles. The van der Waals surface area contributed by atoms with Crippen molar-refractivity contribution in [2.24, 2.45) is 5.73 Å². The minimum Gasteiger partial charge on any atom is -0.490 e. The zero-order valence-corrected chi connectivity index (χ0v) is 19.0. The molecule has 0 radical (unpaired) electrons. The number of hydrogen-bond donors (Lipinski definition) is 2. The van der Waals surface area contributed by atoms with Crippen LogP contribution in [0.2, 0.25) is 0 Å². The van der Waals surface area contributed by atoms with Gasteiger partial charge in [-0.3, -0.25) is 0 Å². The van der Waals surface area contributed by atoms with E-state index < -0.39 is 0 Å². The number of fused-ring (bicyclic) bond motifs is 3. The molecule has 1 saturated heterocycles. The van der Waals surface area contributed by atoms with Crippen molar-refractivity contribution in [3.05, 3.63) is 24.0 Å². The van der Waals surface area contributed by atoms with E-state index in [4.69, 9.17) is 25.9 Å². The van der Waals surface area contributed by atoms with Gasteiger partial charge in [0.1, 0.15) is 23.2 Å². The lowest BCUT2D eigenvalue weighted by Crippen LogP contribution is -2.44. The van der Waals surface area contributed by atoms with Gasteiger partial charge in [-0.2, -0.15) is 0 Å². The number of methoxy groups -OCH3 is 1. The van der Waals surface area contributed by atoms with Crippen LogP contribution in [-0.2, 0) is 17.7 Å². The number of benzene rings is 1. The molecule has 0 bridgehead atoms. The van der Waals surface area contributed by atoms with E-state index in [1.165, 1.54) is 0 Å². The number of aromatic nitrogens is 3. The van der Waals surface area contributed by atoms with Crippen LogP contribution < -0.4 is 16.2 Å². The quantitative estimate of drug-likeness (QED) is 0.582. The summed E-state index contributed by atoms with van der Waals surface area (Å²) in [7, 11) is 1.71. The van der Waals surface area contributed by atoms with E-state index in [2.05, 4.69) is 16.5 Å². The maximum absolute atomic E-state index is 11.3. The van der Waals surface area contributed by atoms with Gasteiger partial charge in [-0.25, -0.2) is 14.8 Å². The molecule has 32 heavy (non-hydrogen) atoms. The first kappa shape index (κ1) is 22.1. The van der Waals surface area contributed by atoms with Gasteiger partial charge in [-0.15, -0.1) is 0 Å². The first-order chi connectivity index (χ1) is 15.4. The van der Waals surface area contributed by atoms with Gasteiger partial charge in [0.05, 0.1) is 17.1 Å². The minimum absolute atomic E-state index is 0.0388. The van der Waals surface area contributed by atoms with Crippen LogP contribution in [0.15, 0.2) is 18.2 Å². The molecule has 1 atom stereocenters. The summed E-state index contributed by atoms with van der Waals surface area (Å²) in [5, 5.41) is 1.00. The van der Waals surface area contributed by atoms with Gasteiger partial charge in [0.25, 0.3) is 0 Å². The van der Waals surface area contributed by atoms with Gasteiger partial charge < -0.3 is 30.4 Å². The molecule has 0 aliphatic carbocycles. The number of likely N-dealkylation sites (tertiary alicyclic amines) is 1. The third-order valence-electron chi connectivity index (χ3n) is 6.13. The van der Waals surface area contributed by atoms with Crippen LogP contribution in [0, 0.1) is 0 Å². The number of imidazole rings is 1. The number of ether oxygens (including phenoxy) is 2. The van der Waals surface area contributed by atoms with Crippen LogP contribution >= 0.6 is 0 Å². The number of amides is 2. The Morgan fingerprint density at radius 2 is 2.03 bits per heavy atom. The smallest absolute Gasteiger partial charge is 0.314 e. The van der Waals surface area contributed by atoms with Crippen LogP contribution in [0.25, 0.3) is 21.9 Å². The summed E-state index contributed by atoms with van der Waals surface area (Å²) >= 11 is 0. The summed E-state index contributed by atoms with van der Waals surface area (Å²) in [6.07, 6.45) is 3.28. The van der Waals surface area contributed by atoms with Crippen molar-refractivity contribution in [1.29, 1.82) is 0 Å². The van der Waals surface area contributed by atoms with Crippen molar-refractivity contribution in [2.75, 3.05) is 25.9 Å². The molecule has 1 aliphatic heterocycles. The Morgan fingerprint density at radius 3 is 2.69 bits per heavy atom. The number of nitrogens with zero attached hydrogens (tertiary/aromatic N) is 4. The number of urea groups is 1. The maximum atomic E-state index is 11.3. The number of primary amides is 1. The summed E-state index contributed by atoms with van der Waals surface area (Å²) in [5.41, 5.74) is 14.2. The molecular formula is C23H32N6O3. The maximum Gasteiger partial charge on any atom is 0.314 e. The third-order valence-corrected chi connectivity index (χ3v) is 6.13. The number of piperidine rings is 1. The summed E-state index contributed by atoms with van der Waals surface area (Å²) in [6.45, 7) is 6.25. The van der Waals surface area contributed by atoms with Crippen molar-refractivity contribution in [3.8, 4) is 5.75 Å². The lowest BCUT2D eigenvalue weighted by Gasteiger charge is -2.31. The Morgan fingerprint density at radius 1 is 1.28 bits per heavy atom. The molecule has 1 fully saturated rings. The van der Waals surface area contributed by atoms with Crippen molar-refractivity contribution in [3.63, 3.8) is 0 Å². The Balaban J connectivity index is 1.67. The van der Waals surface area contributed by atoms with Gasteiger partial charge >= 0.3 is 6.03 Å². The molecular weight excluding hydrogens is 408 g/mol. The fourth-order valence-corrected chi connectivity index (χ4v) is 4.36. The van der Waals surface area contributed by atoms with Crippen molar-refractivity contribution < 1.29 is 14.3 Å². The highest BCUT2D eigenvalue weighted by atomic mass is 16.5. The summed E-state index contributed by atoms with van der Waals surface area (Å²) in [5.74, 6) is 2.12. The van der Waals surface area contributed by atoms with Crippen LogP contribution in [0.1, 0.15) is 38.9 Å². The standard InChI is InChI=1S/C23H32N6O3/c1-4-9-29-19(12-14(2)31-3)27-20-21(29)17-6-5-16(13-18(17)26-22(20)24)32-15-7-10-28(11-8-15)23(25)30/h5-6,13-15H,4,7-12H2,1-3H3,(H2,24,26)(H2,25,30)/t14-/m0/s1. The van der Waals surface area contributed by atoms with Crippen LogP contribution in [0.5, 0.6) is 5.75 Å². The Hall–Kier alpha value is -3.07. The van der Waals surface area contributed by atoms with Gasteiger partial charge in [-0.1, -0.05) is 6.92 Å². The molecule has 2 amide bonds. The third kappa shape index (κ3) is 4.29.